The topological polar surface area (TPSA) is 118 Å². The van der Waals surface area contributed by atoms with Crippen LogP contribution in [0.2, 0.25) is 0 Å². The molecule has 5 atom stereocenters. The number of nitrogens with one attached hydrogen (secondary N) is 2. The minimum atomic E-state index is -0.465. The molecular weight excluding hydrogens is 418 g/mol. The third-order valence-electron chi connectivity index (χ3n) is 7.12. The van der Waals surface area contributed by atoms with Crippen molar-refractivity contribution in [2.75, 3.05) is 0 Å². The standard InChI is InChI=1S/C26H37N3O4/c1-17(30)15-19(16-18-9-3-2-4-10-18)25(32)28-23-14-8-6-12-21(23)26(33)29-22-13-7-5-11-20(22)24(27)31/h2-4,9-10,19-23H,5-8,11-16H2,1H3,(H2,27,31)(H,28,32)(H,29,33)/t19-,20?,21?,22?,23?/m1/s1. The highest BCUT2D eigenvalue weighted by molar-refractivity contribution is 5.87. The molecule has 7 nitrogen and oxygen atoms in total. The SMILES string of the molecule is CC(=O)C[C@H](Cc1ccccc1)C(=O)NC1CCCCC1C(=O)NC1CCCCC1C(N)=O. The maximum absolute atomic E-state index is 13.2. The summed E-state index contributed by atoms with van der Waals surface area (Å²) in [5.74, 6) is -1.80. The highest BCUT2D eigenvalue weighted by Crippen LogP contribution is 2.28. The fourth-order valence-electron chi connectivity index (χ4n) is 5.36. The molecule has 33 heavy (non-hydrogen) atoms. The molecule has 0 aliphatic heterocycles. The van der Waals surface area contributed by atoms with Crippen LogP contribution in [0.3, 0.4) is 0 Å². The lowest BCUT2D eigenvalue weighted by Gasteiger charge is -2.35. The van der Waals surface area contributed by atoms with E-state index in [0.29, 0.717) is 19.3 Å². The molecule has 3 amide bonds. The molecule has 180 valence electrons. The Morgan fingerprint density at radius 1 is 0.879 bits per heavy atom. The average molecular weight is 456 g/mol. The fraction of sp³-hybridized carbons (Fsp3) is 0.615. The van der Waals surface area contributed by atoms with Gasteiger partial charge in [-0.05, 0) is 44.6 Å². The number of carbonyl (C=O) groups excluding carboxylic acids is 4. The largest absolute Gasteiger partial charge is 0.369 e. The lowest BCUT2D eigenvalue weighted by molar-refractivity contribution is -0.132. The minimum Gasteiger partial charge on any atom is -0.369 e. The monoisotopic (exact) mass is 455 g/mol. The van der Waals surface area contributed by atoms with E-state index in [0.717, 1.165) is 44.1 Å². The Morgan fingerprint density at radius 2 is 1.45 bits per heavy atom. The molecule has 0 aromatic heterocycles. The summed E-state index contributed by atoms with van der Waals surface area (Å²) in [6.07, 6.45) is 7.32. The van der Waals surface area contributed by atoms with Gasteiger partial charge in [-0.25, -0.2) is 0 Å². The van der Waals surface area contributed by atoms with Gasteiger partial charge in [0.2, 0.25) is 17.7 Å². The number of carbonyl (C=O) groups is 4. The quantitative estimate of drug-likeness (QED) is 0.530. The Bertz CT molecular complexity index is 841. The van der Waals surface area contributed by atoms with Crippen LogP contribution in [-0.4, -0.2) is 35.6 Å². The van der Waals surface area contributed by atoms with Crippen molar-refractivity contribution in [2.45, 2.75) is 83.2 Å². The van der Waals surface area contributed by atoms with E-state index in [1.165, 1.54) is 6.92 Å². The van der Waals surface area contributed by atoms with Gasteiger partial charge in [0, 0.05) is 24.4 Å². The molecule has 1 aromatic carbocycles. The Hall–Kier alpha value is -2.70. The molecular formula is C26H37N3O4. The van der Waals surface area contributed by atoms with Gasteiger partial charge >= 0.3 is 0 Å². The number of hydrogen-bond acceptors (Lipinski definition) is 4. The van der Waals surface area contributed by atoms with Gasteiger partial charge in [-0.1, -0.05) is 56.0 Å². The molecule has 0 bridgehead atoms. The van der Waals surface area contributed by atoms with Crippen LogP contribution in [-0.2, 0) is 25.6 Å². The zero-order valence-electron chi connectivity index (χ0n) is 19.6. The molecule has 2 saturated carbocycles. The van der Waals surface area contributed by atoms with Crippen molar-refractivity contribution in [3.05, 3.63) is 35.9 Å². The molecule has 0 heterocycles. The van der Waals surface area contributed by atoms with Crippen molar-refractivity contribution >= 4 is 23.5 Å². The number of rotatable bonds is 9. The minimum absolute atomic E-state index is 0.0289. The van der Waals surface area contributed by atoms with Gasteiger partial charge in [0.15, 0.2) is 0 Å². The number of hydrogen-bond donors (Lipinski definition) is 3. The molecule has 2 fully saturated rings. The van der Waals surface area contributed by atoms with Crippen LogP contribution >= 0.6 is 0 Å². The van der Waals surface area contributed by atoms with Crippen molar-refractivity contribution < 1.29 is 19.2 Å². The van der Waals surface area contributed by atoms with Gasteiger partial charge in [-0.2, -0.15) is 0 Å². The number of ketones is 1. The van der Waals surface area contributed by atoms with Crippen molar-refractivity contribution in [2.24, 2.45) is 23.5 Å². The van der Waals surface area contributed by atoms with Crippen molar-refractivity contribution in [3.8, 4) is 0 Å². The predicted molar refractivity (Wildman–Crippen MR) is 126 cm³/mol. The molecule has 0 spiro atoms. The third-order valence-corrected chi connectivity index (χ3v) is 7.12. The summed E-state index contributed by atoms with van der Waals surface area (Å²) in [5, 5.41) is 6.18. The molecule has 4 N–H and O–H groups in total. The van der Waals surface area contributed by atoms with Gasteiger partial charge in [0.25, 0.3) is 0 Å². The molecule has 7 heteroatoms. The maximum atomic E-state index is 13.2. The molecule has 0 radical (unpaired) electrons. The first-order valence-electron chi connectivity index (χ1n) is 12.3. The number of Topliss-reactive ketones (excluding diaryl/α,β-unsaturated/α-hetero) is 1. The zero-order valence-corrected chi connectivity index (χ0v) is 19.6. The summed E-state index contributed by atoms with van der Waals surface area (Å²) in [6, 6.07) is 9.17. The first-order valence-corrected chi connectivity index (χ1v) is 12.3. The predicted octanol–water partition coefficient (Wildman–Crippen LogP) is 2.66. The third kappa shape index (κ3) is 7.14. The van der Waals surface area contributed by atoms with Gasteiger partial charge in [-0.3, -0.25) is 14.4 Å². The summed E-state index contributed by atoms with van der Waals surface area (Å²) < 4.78 is 0. The molecule has 2 aliphatic carbocycles. The highest BCUT2D eigenvalue weighted by Gasteiger charge is 2.37. The normalized spacial score (nSPS) is 26.1. The molecule has 1 aromatic rings. The van der Waals surface area contributed by atoms with Crippen LogP contribution in [0.5, 0.6) is 0 Å². The fourth-order valence-corrected chi connectivity index (χ4v) is 5.36. The van der Waals surface area contributed by atoms with E-state index in [1.54, 1.807) is 0 Å². The van der Waals surface area contributed by atoms with Gasteiger partial charge in [0.1, 0.15) is 5.78 Å². The van der Waals surface area contributed by atoms with Crippen LogP contribution in [0.25, 0.3) is 0 Å². The van der Waals surface area contributed by atoms with Gasteiger partial charge in [0.05, 0.1) is 11.8 Å². The molecule has 2 aliphatic rings. The molecule has 4 unspecified atom stereocenters. The van der Waals surface area contributed by atoms with E-state index < -0.39 is 5.92 Å². The van der Waals surface area contributed by atoms with Gasteiger partial charge < -0.3 is 21.2 Å². The lowest BCUT2D eigenvalue weighted by Crippen LogP contribution is -2.54. The Kier molecular flexibility index (Phi) is 9.03. The first-order chi connectivity index (χ1) is 15.8. The van der Waals surface area contributed by atoms with Crippen LogP contribution in [0.15, 0.2) is 30.3 Å². The number of nitrogens with two attached hydrogens (primary N) is 1. The summed E-state index contributed by atoms with van der Waals surface area (Å²) >= 11 is 0. The number of amides is 3. The van der Waals surface area contributed by atoms with E-state index in [1.807, 2.05) is 30.3 Å². The Balaban J connectivity index is 1.66. The van der Waals surface area contributed by atoms with Crippen molar-refractivity contribution in [1.29, 1.82) is 0 Å². The average Bonchev–Trinajstić information content (AvgIpc) is 2.79. The second kappa shape index (κ2) is 12.0. The van der Waals surface area contributed by atoms with Crippen LogP contribution in [0.1, 0.15) is 70.3 Å². The highest BCUT2D eigenvalue weighted by atomic mass is 16.2. The summed E-state index contributed by atoms with van der Waals surface area (Å²) in [7, 11) is 0. The van der Waals surface area contributed by atoms with E-state index in [-0.39, 0.29) is 53.8 Å². The summed E-state index contributed by atoms with van der Waals surface area (Å²) in [4.78, 5) is 50.1. The number of benzene rings is 1. The van der Waals surface area contributed by atoms with E-state index in [4.69, 9.17) is 5.73 Å². The van der Waals surface area contributed by atoms with Crippen molar-refractivity contribution in [3.63, 3.8) is 0 Å². The second-order valence-electron chi connectivity index (χ2n) is 9.71. The smallest absolute Gasteiger partial charge is 0.225 e. The second-order valence-corrected chi connectivity index (χ2v) is 9.71. The maximum Gasteiger partial charge on any atom is 0.225 e. The van der Waals surface area contributed by atoms with E-state index in [2.05, 4.69) is 10.6 Å². The first kappa shape index (κ1) is 24.9. The Labute approximate surface area is 196 Å². The van der Waals surface area contributed by atoms with E-state index >= 15 is 0 Å². The van der Waals surface area contributed by atoms with Crippen molar-refractivity contribution in [1.82, 2.24) is 10.6 Å². The van der Waals surface area contributed by atoms with E-state index in [9.17, 15) is 19.2 Å². The van der Waals surface area contributed by atoms with Crippen LogP contribution in [0, 0.1) is 17.8 Å². The lowest BCUT2D eigenvalue weighted by atomic mass is 9.81. The summed E-state index contributed by atoms with van der Waals surface area (Å²) in [5.41, 5.74) is 6.57. The molecule has 3 rings (SSSR count). The Morgan fingerprint density at radius 3 is 2.06 bits per heavy atom. The van der Waals surface area contributed by atoms with Crippen LogP contribution in [0.4, 0.5) is 0 Å². The van der Waals surface area contributed by atoms with Gasteiger partial charge in [-0.15, -0.1) is 0 Å². The zero-order chi connectivity index (χ0) is 23.8. The van der Waals surface area contributed by atoms with Crippen LogP contribution < -0.4 is 16.4 Å². The number of primary amides is 1. The summed E-state index contributed by atoms with van der Waals surface area (Å²) in [6.45, 7) is 1.50. The molecule has 0 saturated heterocycles.